The van der Waals surface area contributed by atoms with Crippen LogP contribution in [0.1, 0.15) is 12.5 Å². The largest absolute Gasteiger partial charge is 0.271 e. The Morgan fingerprint density at radius 2 is 1.89 bits per heavy atom. The Bertz CT molecular complexity index is 981. The number of benzene rings is 2. The molecule has 3 rings (SSSR count). The maximum absolute atomic E-state index is 12.0. The van der Waals surface area contributed by atoms with Gasteiger partial charge in [-0.15, -0.1) is 10.2 Å². The van der Waals surface area contributed by atoms with Gasteiger partial charge in [-0.3, -0.25) is 14.9 Å². The Kier molecular flexibility index (Phi) is 5.26. The van der Waals surface area contributed by atoms with Crippen molar-refractivity contribution in [3.05, 3.63) is 70.3 Å². The van der Waals surface area contributed by atoms with Crippen LogP contribution in [0.15, 0.2) is 59.7 Å². The van der Waals surface area contributed by atoms with Gasteiger partial charge in [-0.1, -0.05) is 30.3 Å². The first-order valence-corrected chi connectivity index (χ1v) is 7.94. The number of aromatic nitrogens is 4. The van der Waals surface area contributed by atoms with Crippen LogP contribution >= 0.6 is 0 Å². The van der Waals surface area contributed by atoms with Gasteiger partial charge < -0.3 is 0 Å². The van der Waals surface area contributed by atoms with E-state index in [0.717, 1.165) is 5.56 Å². The molecule has 0 unspecified atom stereocenters. The molecule has 0 aliphatic heterocycles. The number of nitro benzene ring substituents is 1. The van der Waals surface area contributed by atoms with Gasteiger partial charge in [0.15, 0.2) is 0 Å². The van der Waals surface area contributed by atoms with Crippen LogP contribution in [0.4, 0.5) is 5.69 Å². The molecule has 1 aromatic heterocycles. The number of non-ortho nitro benzene ring substituents is 1. The molecule has 10 heteroatoms. The predicted molar refractivity (Wildman–Crippen MR) is 96.7 cm³/mol. The van der Waals surface area contributed by atoms with Gasteiger partial charge in [0, 0.05) is 17.7 Å². The second kappa shape index (κ2) is 7.95. The van der Waals surface area contributed by atoms with Crippen molar-refractivity contribution < 1.29 is 9.72 Å². The molecule has 1 amide bonds. The average molecular weight is 365 g/mol. The summed E-state index contributed by atoms with van der Waals surface area (Å²) in [7, 11) is 0. The van der Waals surface area contributed by atoms with Crippen LogP contribution in [0, 0.1) is 10.1 Å². The van der Waals surface area contributed by atoms with Gasteiger partial charge in [0.25, 0.3) is 11.6 Å². The highest BCUT2D eigenvalue weighted by molar-refractivity contribution is 5.99. The van der Waals surface area contributed by atoms with E-state index in [-0.39, 0.29) is 12.2 Å². The van der Waals surface area contributed by atoms with Gasteiger partial charge in [0.2, 0.25) is 5.82 Å². The third-order valence-corrected chi connectivity index (χ3v) is 3.61. The maximum Gasteiger partial charge on any atom is 0.269 e. The van der Waals surface area contributed by atoms with E-state index < -0.39 is 10.8 Å². The Morgan fingerprint density at radius 1 is 1.19 bits per heavy atom. The Balaban J connectivity index is 1.60. The number of nitro groups is 1. The van der Waals surface area contributed by atoms with Gasteiger partial charge in [0.1, 0.15) is 6.54 Å². The summed E-state index contributed by atoms with van der Waals surface area (Å²) < 4.78 is 0. The molecule has 0 radical (unpaired) electrons. The summed E-state index contributed by atoms with van der Waals surface area (Å²) in [4.78, 5) is 23.4. The molecule has 10 nitrogen and oxygen atoms in total. The summed E-state index contributed by atoms with van der Waals surface area (Å²) in [5.74, 6) is 0.00207. The van der Waals surface area contributed by atoms with E-state index in [0.29, 0.717) is 17.1 Å². The number of nitrogens with one attached hydrogen (secondary N) is 1. The first-order chi connectivity index (χ1) is 13.0. The van der Waals surface area contributed by atoms with E-state index in [1.165, 1.54) is 16.9 Å². The van der Waals surface area contributed by atoms with E-state index in [2.05, 4.69) is 25.9 Å². The third-order valence-electron chi connectivity index (χ3n) is 3.61. The first kappa shape index (κ1) is 17.9. The van der Waals surface area contributed by atoms with Crippen LogP contribution in [0.3, 0.4) is 0 Å². The van der Waals surface area contributed by atoms with E-state index in [9.17, 15) is 14.9 Å². The van der Waals surface area contributed by atoms with Gasteiger partial charge in [0.05, 0.1) is 10.6 Å². The number of carbonyl (C=O) groups is 1. The summed E-state index contributed by atoms with van der Waals surface area (Å²) in [6, 6.07) is 15.2. The Hall–Kier alpha value is -3.95. The topological polar surface area (TPSA) is 128 Å². The van der Waals surface area contributed by atoms with E-state index in [4.69, 9.17) is 0 Å². The molecule has 0 saturated heterocycles. The molecule has 0 atom stereocenters. The third kappa shape index (κ3) is 4.57. The molecule has 0 fully saturated rings. The number of tetrazole rings is 1. The van der Waals surface area contributed by atoms with Gasteiger partial charge in [-0.25, -0.2) is 5.43 Å². The van der Waals surface area contributed by atoms with Crippen molar-refractivity contribution >= 4 is 17.3 Å². The maximum atomic E-state index is 12.0. The van der Waals surface area contributed by atoms with Crippen molar-refractivity contribution in [1.82, 2.24) is 25.6 Å². The molecule has 1 heterocycles. The van der Waals surface area contributed by atoms with Crippen LogP contribution in [0.5, 0.6) is 0 Å². The molecule has 0 aliphatic rings. The highest BCUT2D eigenvalue weighted by Crippen LogP contribution is 2.13. The Labute approximate surface area is 153 Å². The minimum absolute atomic E-state index is 0.0120. The lowest BCUT2D eigenvalue weighted by molar-refractivity contribution is -0.384. The highest BCUT2D eigenvalue weighted by Gasteiger charge is 2.09. The molecule has 136 valence electrons. The number of rotatable bonds is 6. The SMILES string of the molecule is C/C(=N/NC(=O)Cn1nnc(-c2ccccc2)n1)c1ccc([N+](=O)[O-])cc1. The fourth-order valence-electron chi connectivity index (χ4n) is 2.21. The quantitative estimate of drug-likeness (QED) is 0.403. The number of hydrogen-bond donors (Lipinski definition) is 1. The minimum atomic E-state index is -0.479. The molecule has 3 aromatic rings. The van der Waals surface area contributed by atoms with Crippen LogP contribution in [0.25, 0.3) is 11.4 Å². The van der Waals surface area contributed by atoms with Crippen molar-refractivity contribution in [2.24, 2.45) is 5.10 Å². The molecule has 27 heavy (non-hydrogen) atoms. The summed E-state index contributed by atoms with van der Waals surface area (Å²) >= 11 is 0. The van der Waals surface area contributed by atoms with Gasteiger partial charge >= 0.3 is 0 Å². The average Bonchev–Trinajstić information content (AvgIpc) is 3.15. The van der Waals surface area contributed by atoms with Crippen LogP contribution in [0.2, 0.25) is 0 Å². The number of amides is 1. The summed E-state index contributed by atoms with van der Waals surface area (Å²) in [5, 5.41) is 26.6. The van der Waals surface area contributed by atoms with Crippen molar-refractivity contribution in [3.63, 3.8) is 0 Å². The molecule has 0 bridgehead atoms. The molecule has 1 N–H and O–H groups in total. The lowest BCUT2D eigenvalue weighted by atomic mass is 10.1. The second-order valence-electron chi connectivity index (χ2n) is 5.55. The smallest absolute Gasteiger partial charge is 0.269 e. The standard InChI is InChI=1S/C17H15N7O3/c1-12(13-7-9-15(10-8-13)24(26)27)18-19-16(25)11-23-21-17(20-22-23)14-5-3-2-4-6-14/h2-10H,11H2,1H3,(H,19,25)/b18-12-. The van der Waals surface area contributed by atoms with Gasteiger partial charge in [-0.05, 0) is 29.8 Å². The van der Waals surface area contributed by atoms with Crippen molar-refractivity contribution in [2.45, 2.75) is 13.5 Å². The summed E-state index contributed by atoms with van der Waals surface area (Å²) in [6.45, 7) is 1.54. The molecule has 0 aliphatic carbocycles. The van der Waals surface area contributed by atoms with E-state index in [1.807, 2.05) is 30.3 Å². The first-order valence-electron chi connectivity index (χ1n) is 7.94. The molecule has 0 spiro atoms. The molecular formula is C17H15N7O3. The van der Waals surface area contributed by atoms with Crippen LogP contribution < -0.4 is 5.43 Å². The second-order valence-corrected chi connectivity index (χ2v) is 5.55. The number of nitrogens with zero attached hydrogens (tertiary/aromatic N) is 6. The normalized spacial score (nSPS) is 11.2. The minimum Gasteiger partial charge on any atom is -0.271 e. The Morgan fingerprint density at radius 3 is 2.56 bits per heavy atom. The fourth-order valence-corrected chi connectivity index (χ4v) is 2.21. The highest BCUT2D eigenvalue weighted by atomic mass is 16.6. The zero-order chi connectivity index (χ0) is 19.2. The molecular weight excluding hydrogens is 350 g/mol. The van der Waals surface area contributed by atoms with Crippen molar-refractivity contribution in [3.8, 4) is 11.4 Å². The summed E-state index contributed by atoms with van der Waals surface area (Å²) in [6.07, 6.45) is 0. The zero-order valence-corrected chi connectivity index (χ0v) is 14.3. The monoisotopic (exact) mass is 365 g/mol. The number of carbonyl (C=O) groups excluding carboxylic acids is 1. The van der Waals surface area contributed by atoms with Crippen molar-refractivity contribution in [1.29, 1.82) is 0 Å². The lowest BCUT2D eigenvalue weighted by Crippen LogP contribution is -2.25. The fraction of sp³-hybridized carbons (Fsp3) is 0.118. The number of hydrogen-bond acceptors (Lipinski definition) is 7. The lowest BCUT2D eigenvalue weighted by Gasteiger charge is -2.02. The molecule has 0 saturated carbocycles. The number of hydrazone groups is 1. The van der Waals surface area contributed by atoms with Crippen LogP contribution in [-0.2, 0) is 11.3 Å². The van der Waals surface area contributed by atoms with E-state index >= 15 is 0 Å². The molecule has 2 aromatic carbocycles. The zero-order valence-electron chi connectivity index (χ0n) is 14.3. The summed E-state index contributed by atoms with van der Waals surface area (Å²) in [5.41, 5.74) is 4.36. The van der Waals surface area contributed by atoms with E-state index in [1.54, 1.807) is 19.1 Å². The van der Waals surface area contributed by atoms with Crippen LogP contribution in [-0.4, -0.2) is 36.7 Å². The predicted octanol–water partition coefficient (Wildman–Crippen LogP) is 1.79. The van der Waals surface area contributed by atoms with Gasteiger partial charge in [-0.2, -0.15) is 9.90 Å². The van der Waals surface area contributed by atoms with Crippen molar-refractivity contribution in [2.75, 3.05) is 0 Å².